The number of benzene rings is 4. The molecule has 0 unspecified atom stereocenters. The van der Waals surface area contributed by atoms with Crippen LogP contribution in [0.15, 0.2) is 83.2 Å². The van der Waals surface area contributed by atoms with Crippen molar-refractivity contribution in [2.24, 2.45) is 0 Å². The summed E-state index contributed by atoms with van der Waals surface area (Å²) >= 11 is 3.16. The van der Waals surface area contributed by atoms with E-state index >= 15 is 0 Å². The molecule has 0 saturated carbocycles. The maximum Gasteiger partial charge on any atom is 0.0635 e. The first-order valence-electron chi connectivity index (χ1n) is 8.67. The summed E-state index contributed by atoms with van der Waals surface area (Å²) in [4.78, 5) is 0. The molecular weight excluding hydrogens is 320 g/mol. The summed E-state index contributed by atoms with van der Waals surface area (Å²) in [5.41, 5.74) is 1.05. The minimum absolute atomic E-state index is 0.0340. The van der Waals surface area contributed by atoms with Gasteiger partial charge in [-0.3, -0.25) is 0 Å². The molecule has 0 saturated heterocycles. The quantitative estimate of drug-likeness (QED) is 0.351. The molecule has 0 atom stereocenters. The van der Waals surface area contributed by atoms with Crippen molar-refractivity contribution in [2.45, 2.75) is 0 Å². The second-order valence-corrected chi connectivity index (χ2v) is 5.67. The van der Waals surface area contributed by atoms with Crippen LogP contribution in [-0.2, 0) is 0 Å². The Morgan fingerprint density at radius 2 is 1.33 bits per heavy atom. The molecule has 0 amide bonds. The summed E-state index contributed by atoms with van der Waals surface area (Å²) in [7, 11) is 0. The van der Waals surface area contributed by atoms with E-state index in [1.54, 1.807) is 0 Å². The first kappa shape index (κ1) is 9.01. The molecule has 0 nitrogen and oxygen atoms in total. The minimum Gasteiger partial charge on any atom is -0.0616 e. The van der Waals surface area contributed by atoms with Gasteiger partial charge in [-0.05, 0) is 50.8 Å². The first-order chi connectivity index (χ1) is 12.0. The van der Waals surface area contributed by atoms with Crippen molar-refractivity contribution in [3.05, 3.63) is 83.2 Å². The molecule has 0 aliphatic carbocycles. The van der Waals surface area contributed by atoms with Crippen molar-refractivity contribution in [3.63, 3.8) is 0 Å². The molecule has 0 aliphatic rings. The van der Waals surface area contributed by atoms with Gasteiger partial charge in [-0.25, -0.2) is 0 Å². The Bertz CT molecular complexity index is 1120. The molecule has 21 heavy (non-hydrogen) atoms. The summed E-state index contributed by atoms with van der Waals surface area (Å²) in [6.45, 7) is 0. The lowest BCUT2D eigenvalue weighted by Crippen LogP contribution is -1.84. The van der Waals surface area contributed by atoms with Crippen LogP contribution in [0.25, 0.3) is 32.7 Å². The number of hydrogen-bond acceptors (Lipinski definition) is 0. The van der Waals surface area contributed by atoms with Crippen LogP contribution in [0.3, 0.4) is 0 Å². The number of halogens is 1. The Kier molecular flexibility index (Phi) is 2.15. The second-order valence-electron chi connectivity index (χ2n) is 4.88. The molecule has 4 rings (SSSR count). The van der Waals surface area contributed by atoms with E-state index in [-0.39, 0.29) is 28.6 Å². The minimum atomic E-state index is -0.0618. The van der Waals surface area contributed by atoms with E-state index in [0.717, 1.165) is 27.1 Å². The van der Waals surface area contributed by atoms with Gasteiger partial charge in [0.1, 0.15) is 0 Å². The molecule has 0 radical (unpaired) electrons. The molecule has 4 aromatic carbocycles. The largest absolute Gasteiger partial charge is 0.0635 e. The topological polar surface area (TPSA) is 0 Å². The summed E-state index contributed by atoms with van der Waals surface area (Å²) in [5, 5.41) is 4.07. The lowest BCUT2D eigenvalue weighted by Gasteiger charge is -2.11. The Morgan fingerprint density at radius 1 is 0.714 bits per heavy atom. The molecule has 0 fully saturated rings. The summed E-state index contributed by atoms with van der Waals surface area (Å²) in [6, 6.07) is 17.6. The van der Waals surface area contributed by atoms with Gasteiger partial charge in [0.05, 0.1) is 5.48 Å². The van der Waals surface area contributed by atoms with Crippen LogP contribution in [0.1, 0.15) is 5.48 Å². The lowest BCUT2D eigenvalue weighted by molar-refractivity contribution is 1.63. The summed E-state index contributed by atoms with van der Waals surface area (Å²) < 4.78 is 33.1. The van der Waals surface area contributed by atoms with Crippen molar-refractivity contribution in [1.29, 1.82) is 0 Å². The average molecular weight is 337 g/mol. The van der Waals surface area contributed by atoms with Crippen molar-refractivity contribution >= 4 is 37.5 Å². The Balaban J connectivity index is 2.22. The van der Waals surface area contributed by atoms with Gasteiger partial charge in [-0.1, -0.05) is 76.5 Å². The molecule has 1 heteroatoms. The van der Waals surface area contributed by atoms with Crippen molar-refractivity contribution < 1.29 is 5.48 Å². The van der Waals surface area contributed by atoms with E-state index in [2.05, 4.69) is 22.0 Å². The predicted molar refractivity (Wildman–Crippen MR) is 94.6 cm³/mol. The normalized spacial score (nSPS) is 13.8. The van der Waals surface area contributed by atoms with E-state index < -0.39 is 0 Å². The van der Waals surface area contributed by atoms with Gasteiger partial charge in [0, 0.05) is 4.47 Å². The van der Waals surface area contributed by atoms with Crippen LogP contribution in [0.5, 0.6) is 0 Å². The van der Waals surface area contributed by atoms with Crippen LogP contribution in [0, 0.1) is 0 Å². The molecule has 0 bridgehead atoms. The number of rotatable bonds is 1. The third kappa shape index (κ3) is 2.14. The summed E-state index contributed by atoms with van der Waals surface area (Å²) in [5.74, 6) is 0. The van der Waals surface area contributed by atoms with Crippen LogP contribution in [0.4, 0.5) is 0 Å². The fourth-order valence-electron chi connectivity index (χ4n) is 2.69. The Morgan fingerprint density at radius 3 is 2.10 bits per heavy atom. The fraction of sp³-hybridized carbons (Fsp3) is 0. The Labute approximate surface area is 137 Å². The average Bonchev–Trinajstić information content (AvgIpc) is 2.65. The van der Waals surface area contributed by atoms with E-state index in [4.69, 9.17) is 5.48 Å². The monoisotopic (exact) mass is 336 g/mol. The first-order valence-corrected chi connectivity index (χ1v) is 7.46. The van der Waals surface area contributed by atoms with Gasteiger partial charge in [-0.2, -0.15) is 0 Å². The van der Waals surface area contributed by atoms with Crippen LogP contribution < -0.4 is 0 Å². The zero-order valence-corrected chi connectivity index (χ0v) is 12.7. The molecule has 0 heterocycles. The lowest BCUT2D eigenvalue weighted by atomic mass is 9.93. The third-order valence-corrected chi connectivity index (χ3v) is 4.03. The van der Waals surface area contributed by atoms with Gasteiger partial charge >= 0.3 is 0 Å². The highest BCUT2D eigenvalue weighted by Crippen LogP contribution is 2.35. The van der Waals surface area contributed by atoms with E-state index in [1.165, 1.54) is 0 Å². The highest BCUT2D eigenvalue weighted by atomic mass is 79.9. The smallest absolute Gasteiger partial charge is 0.0616 e. The zero-order valence-electron chi connectivity index (χ0n) is 15.1. The fourth-order valence-corrected chi connectivity index (χ4v) is 2.89. The highest BCUT2D eigenvalue weighted by Gasteiger charge is 2.07. The van der Waals surface area contributed by atoms with E-state index in [9.17, 15) is 0 Å². The van der Waals surface area contributed by atoms with Crippen molar-refractivity contribution in [1.82, 2.24) is 0 Å². The van der Waals surface area contributed by atoms with E-state index in [1.807, 2.05) is 48.5 Å². The van der Waals surface area contributed by atoms with Crippen molar-refractivity contribution in [2.75, 3.05) is 0 Å². The molecule has 0 spiro atoms. The van der Waals surface area contributed by atoms with Crippen LogP contribution in [0.2, 0.25) is 0 Å². The molecular formula is C20H13Br. The SMILES string of the molecule is [2H]c1c([2H])c(-c2cc3ccccc3c3ccccc23)c([2H])c([2H])c1Br. The van der Waals surface area contributed by atoms with Gasteiger partial charge in [-0.15, -0.1) is 0 Å². The number of hydrogen-bond donors (Lipinski definition) is 0. The van der Waals surface area contributed by atoms with Crippen molar-refractivity contribution in [3.8, 4) is 11.1 Å². The van der Waals surface area contributed by atoms with E-state index in [0.29, 0.717) is 5.56 Å². The van der Waals surface area contributed by atoms with Crippen LogP contribution in [-0.4, -0.2) is 0 Å². The molecule has 4 aromatic rings. The standard InChI is InChI=1S/C20H13Br/c21-16-11-9-14(10-12-16)20-13-15-5-1-2-6-17(15)18-7-3-4-8-19(18)20/h1-13H/i9D,10D,11D,12D. The predicted octanol–water partition coefficient (Wildman–Crippen LogP) is 6.42. The maximum absolute atomic E-state index is 8.37. The van der Waals surface area contributed by atoms with Gasteiger partial charge in [0.2, 0.25) is 0 Å². The molecule has 0 N–H and O–H groups in total. The zero-order chi connectivity index (χ0) is 17.7. The number of fused-ring (bicyclic) bond motifs is 3. The summed E-state index contributed by atoms with van der Waals surface area (Å²) in [6.07, 6.45) is 0. The van der Waals surface area contributed by atoms with Gasteiger partial charge in [0.25, 0.3) is 0 Å². The van der Waals surface area contributed by atoms with Crippen LogP contribution >= 0.6 is 15.9 Å². The maximum atomic E-state index is 8.37. The second kappa shape index (κ2) is 5.01. The molecule has 0 aliphatic heterocycles. The molecule has 0 aromatic heterocycles. The van der Waals surface area contributed by atoms with Gasteiger partial charge in [0.15, 0.2) is 0 Å². The Hall–Kier alpha value is -2.12. The molecule has 100 valence electrons. The third-order valence-electron chi connectivity index (χ3n) is 3.63. The highest BCUT2D eigenvalue weighted by molar-refractivity contribution is 9.10. The van der Waals surface area contributed by atoms with Gasteiger partial charge < -0.3 is 0 Å².